The van der Waals surface area contributed by atoms with Crippen LogP contribution in [0.1, 0.15) is 23.7 Å². The average molecular weight is 489 g/mol. The smallest absolute Gasteiger partial charge is 0.254 e. The Bertz CT molecular complexity index is 1040. The molecule has 0 aliphatic carbocycles. The van der Waals surface area contributed by atoms with Crippen LogP contribution in [-0.4, -0.2) is 72.7 Å². The van der Waals surface area contributed by atoms with Gasteiger partial charge in [0.05, 0.1) is 22.3 Å². The summed E-state index contributed by atoms with van der Waals surface area (Å²) in [6.07, 6.45) is 0.379. The summed E-state index contributed by atoms with van der Waals surface area (Å²) in [6.45, 7) is 5.02. The Balaban J connectivity index is 1.46. The Morgan fingerprint density at radius 3 is 2.42 bits per heavy atom. The second-order valence-electron chi connectivity index (χ2n) is 8.01. The maximum atomic E-state index is 13.5. The van der Waals surface area contributed by atoms with Crippen molar-refractivity contribution in [2.45, 2.75) is 19.4 Å². The molecule has 9 heteroatoms. The lowest BCUT2D eigenvalue weighted by atomic mass is 10.1. The maximum Gasteiger partial charge on any atom is 0.254 e. The molecule has 2 fully saturated rings. The van der Waals surface area contributed by atoms with Crippen LogP contribution in [0.4, 0.5) is 5.69 Å². The van der Waals surface area contributed by atoms with Gasteiger partial charge >= 0.3 is 0 Å². The largest absolute Gasteiger partial charge is 0.396 e. The molecular weight excluding hydrogens is 463 g/mol. The van der Waals surface area contributed by atoms with E-state index >= 15 is 0 Å². The first-order chi connectivity index (χ1) is 16.0. The van der Waals surface area contributed by atoms with Gasteiger partial charge in [0.25, 0.3) is 5.91 Å². The molecule has 0 aromatic heterocycles. The summed E-state index contributed by atoms with van der Waals surface area (Å²) >= 11 is 12.2. The van der Waals surface area contributed by atoms with Gasteiger partial charge < -0.3 is 19.5 Å². The van der Waals surface area contributed by atoms with Crippen LogP contribution in [0, 0.1) is 0 Å². The minimum absolute atomic E-state index is 0.0604. The highest BCUT2D eigenvalue weighted by molar-refractivity contribution is 6.42. The van der Waals surface area contributed by atoms with Crippen molar-refractivity contribution < 1.29 is 14.4 Å². The number of piperazine rings is 1. The summed E-state index contributed by atoms with van der Waals surface area (Å²) in [6, 6.07) is 14.0. The average Bonchev–Trinajstić information content (AvgIpc) is 3.28. The number of anilines is 1. The van der Waals surface area contributed by atoms with E-state index < -0.39 is 6.04 Å². The highest BCUT2D eigenvalue weighted by atomic mass is 35.5. The molecule has 174 valence electrons. The number of oxime groups is 1. The standard InChI is InChI=1S/C24H26Cl2N4O3/c1-2-33-27-18-14-22(30(16-18)23(31)17-6-4-3-5-7-17)24(32)29-12-10-28(11-13-29)19-8-9-20(25)21(26)15-19/h3-9,15,22H,2,10-14,16H2,1H3/t22-/m0/s1. The third-order valence-corrected chi connectivity index (χ3v) is 6.65. The first-order valence-electron chi connectivity index (χ1n) is 11.0. The number of likely N-dealkylation sites (tertiary alicyclic amines) is 1. The van der Waals surface area contributed by atoms with E-state index in [1.165, 1.54) is 0 Å². The van der Waals surface area contributed by atoms with Gasteiger partial charge in [0.1, 0.15) is 12.6 Å². The Morgan fingerprint density at radius 2 is 1.76 bits per heavy atom. The highest BCUT2D eigenvalue weighted by Crippen LogP contribution is 2.28. The highest BCUT2D eigenvalue weighted by Gasteiger charge is 2.41. The molecule has 0 N–H and O–H groups in total. The molecule has 2 saturated heterocycles. The number of halogens is 2. The summed E-state index contributed by atoms with van der Waals surface area (Å²) in [5, 5.41) is 5.16. The molecule has 0 spiro atoms. The fourth-order valence-corrected chi connectivity index (χ4v) is 4.48. The van der Waals surface area contributed by atoms with E-state index in [4.69, 9.17) is 28.0 Å². The van der Waals surface area contributed by atoms with E-state index in [0.717, 1.165) is 5.69 Å². The number of hydrogen-bond acceptors (Lipinski definition) is 5. The molecule has 2 aromatic rings. The summed E-state index contributed by atoms with van der Waals surface area (Å²) in [7, 11) is 0. The van der Waals surface area contributed by atoms with Crippen molar-refractivity contribution in [2.24, 2.45) is 5.16 Å². The summed E-state index contributed by atoms with van der Waals surface area (Å²) in [5.41, 5.74) is 2.23. The lowest BCUT2D eigenvalue weighted by molar-refractivity contribution is -0.135. The molecule has 7 nitrogen and oxygen atoms in total. The van der Waals surface area contributed by atoms with Gasteiger partial charge in [0.2, 0.25) is 5.91 Å². The third kappa shape index (κ3) is 5.25. The van der Waals surface area contributed by atoms with Crippen molar-refractivity contribution in [3.05, 3.63) is 64.1 Å². The number of hydrogen-bond donors (Lipinski definition) is 0. The fourth-order valence-electron chi connectivity index (χ4n) is 4.18. The number of carbonyl (C=O) groups excluding carboxylic acids is 2. The molecular formula is C24H26Cl2N4O3. The van der Waals surface area contributed by atoms with Gasteiger partial charge in [-0.2, -0.15) is 0 Å². The molecule has 33 heavy (non-hydrogen) atoms. The van der Waals surface area contributed by atoms with Crippen molar-refractivity contribution in [3.63, 3.8) is 0 Å². The number of amides is 2. The van der Waals surface area contributed by atoms with E-state index in [0.29, 0.717) is 60.5 Å². The Hall–Kier alpha value is -2.77. The molecule has 0 bridgehead atoms. The summed E-state index contributed by atoms with van der Waals surface area (Å²) < 4.78 is 0. The SMILES string of the molecule is CCON=C1C[C@@H](C(=O)N2CCN(c3ccc(Cl)c(Cl)c3)CC2)N(C(=O)c2ccccc2)C1. The zero-order valence-electron chi connectivity index (χ0n) is 18.4. The van der Waals surface area contributed by atoms with Crippen molar-refractivity contribution >= 4 is 46.4 Å². The van der Waals surface area contributed by atoms with Crippen LogP contribution in [-0.2, 0) is 9.63 Å². The van der Waals surface area contributed by atoms with E-state index in [1.807, 2.05) is 42.2 Å². The molecule has 2 aromatic carbocycles. The molecule has 0 radical (unpaired) electrons. The van der Waals surface area contributed by atoms with Gasteiger partial charge in [-0.05, 0) is 37.3 Å². The monoisotopic (exact) mass is 488 g/mol. The first-order valence-corrected chi connectivity index (χ1v) is 11.8. The lowest BCUT2D eigenvalue weighted by Crippen LogP contribution is -2.54. The van der Waals surface area contributed by atoms with Gasteiger partial charge in [0.15, 0.2) is 0 Å². The molecule has 4 rings (SSSR count). The van der Waals surface area contributed by atoms with Crippen LogP contribution in [0.25, 0.3) is 0 Å². The summed E-state index contributed by atoms with van der Waals surface area (Å²) in [4.78, 5) is 37.5. The molecule has 0 unspecified atom stereocenters. The molecule has 2 aliphatic rings. The Labute approximate surface area is 203 Å². The third-order valence-electron chi connectivity index (χ3n) is 5.91. The van der Waals surface area contributed by atoms with Crippen molar-refractivity contribution in [1.82, 2.24) is 9.80 Å². The van der Waals surface area contributed by atoms with Crippen LogP contribution >= 0.6 is 23.2 Å². The van der Waals surface area contributed by atoms with Gasteiger partial charge in [-0.1, -0.05) is 46.6 Å². The van der Waals surface area contributed by atoms with E-state index in [-0.39, 0.29) is 18.4 Å². The van der Waals surface area contributed by atoms with Gasteiger partial charge in [-0.25, -0.2) is 0 Å². The zero-order chi connectivity index (χ0) is 23.4. The predicted octanol–water partition coefficient (Wildman–Crippen LogP) is 3.95. The molecule has 2 amide bonds. The van der Waals surface area contributed by atoms with Crippen molar-refractivity contribution in [1.29, 1.82) is 0 Å². The van der Waals surface area contributed by atoms with Crippen LogP contribution in [0.5, 0.6) is 0 Å². The van der Waals surface area contributed by atoms with Crippen molar-refractivity contribution in [3.8, 4) is 0 Å². The minimum atomic E-state index is -0.589. The number of nitrogens with zero attached hydrogens (tertiary/aromatic N) is 4. The van der Waals surface area contributed by atoms with E-state index in [9.17, 15) is 9.59 Å². The van der Waals surface area contributed by atoms with Gasteiger partial charge in [-0.3, -0.25) is 9.59 Å². The van der Waals surface area contributed by atoms with Gasteiger partial charge in [-0.15, -0.1) is 0 Å². The molecule has 1 atom stereocenters. The Morgan fingerprint density at radius 1 is 1.03 bits per heavy atom. The number of benzene rings is 2. The fraction of sp³-hybridized carbons (Fsp3) is 0.375. The lowest BCUT2D eigenvalue weighted by Gasteiger charge is -2.38. The van der Waals surface area contributed by atoms with Crippen molar-refractivity contribution in [2.75, 3.05) is 44.2 Å². The second-order valence-corrected chi connectivity index (χ2v) is 8.82. The first kappa shape index (κ1) is 23.4. The summed E-state index contributed by atoms with van der Waals surface area (Å²) in [5.74, 6) is -0.236. The van der Waals surface area contributed by atoms with Crippen LogP contribution in [0.3, 0.4) is 0 Å². The van der Waals surface area contributed by atoms with E-state index in [2.05, 4.69) is 10.1 Å². The van der Waals surface area contributed by atoms with Gasteiger partial charge in [0, 0.05) is 43.9 Å². The quantitative estimate of drug-likeness (QED) is 0.597. The van der Waals surface area contributed by atoms with Crippen LogP contribution < -0.4 is 4.90 Å². The molecule has 2 heterocycles. The number of rotatable bonds is 5. The maximum absolute atomic E-state index is 13.5. The van der Waals surface area contributed by atoms with E-state index in [1.54, 1.807) is 23.1 Å². The van der Waals surface area contributed by atoms with Crippen LogP contribution in [0.15, 0.2) is 53.7 Å². The minimum Gasteiger partial charge on any atom is -0.396 e. The molecule has 2 aliphatic heterocycles. The number of carbonyl (C=O) groups is 2. The van der Waals surface area contributed by atoms with Crippen LogP contribution in [0.2, 0.25) is 10.0 Å². The topological polar surface area (TPSA) is 65.5 Å². The zero-order valence-corrected chi connectivity index (χ0v) is 19.9. The Kier molecular flexibility index (Phi) is 7.40. The normalized spacial score (nSPS) is 19.8. The second kappa shape index (κ2) is 10.4. The predicted molar refractivity (Wildman–Crippen MR) is 130 cm³/mol. The molecule has 0 saturated carbocycles.